The number of alkyl halides is 3. The molecule has 0 aliphatic rings. The molecule has 0 radical (unpaired) electrons. The molecule has 1 aromatic carbocycles. The highest BCUT2D eigenvalue weighted by Gasteiger charge is 2.38. The highest BCUT2D eigenvalue weighted by atomic mass is 32.2. The van der Waals surface area contributed by atoms with Gasteiger partial charge in [0.1, 0.15) is 5.94 Å². The molecular weight excluding hydrogens is 333 g/mol. The molecule has 0 unspecified atom stereocenters. The number of benzene rings is 1. The minimum atomic E-state index is -4.49. The first kappa shape index (κ1) is 19.2. The summed E-state index contributed by atoms with van der Waals surface area (Å²) < 4.78 is 67.5. The van der Waals surface area contributed by atoms with Crippen molar-refractivity contribution in [2.75, 3.05) is 5.94 Å². The van der Waals surface area contributed by atoms with Crippen molar-refractivity contribution in [2.24, 2.45) is 0 Å². The van der Waals surface area contributed by atoms with Gasteiger partial charge in [-0.2, -0.15) is 13.2 Å². The lowest BCUT2D eigenvalue weighted by Crippen LogP contribution is -2.42. The minimum Gasteiger partial charge on any atom is -0.403 e. The van der Waals surface area contributed by atoms with Crippen molar-refractivity contribution in [3.8, 4) is 0 Å². The summed E-state index contributed by atoms with van der Waals surface area (Å²) >= 11 is 0. The van der Waals surface area contributed by atoms with Crippen molar-refractivity contribution in [1.82, 2.24) is 0 Å². The van der Waals surface area contributed by atoms with Gasteiger partial charge in [0.25, 0.3) is 0 Å². The van der Waals surface area contributed by atoms with Gasteiger partial charge in [-0.25, -0.2) is 8.42 Å². The van der Waals surface area contributed by atoms with Gasteiger partial charge in [0.15, 0.2) is 8.32 Å². The summed E-state index contributed by atoms with van der Waals surface area (Å²) in [5, 5.41) is -0.150. The van der Waals surface area contributed by atoms with Crippen LogP contribution in [0.5, 0.6) is 0 Å². The van der Waals surface area contributed by atoms with Gasteiger partial charge in [-0.1, -0.05) is 20.8 Å². The van der Waals surface area contributed by atoms with Crippen LogP contribution in [0.25, 0.3) is 0 Å². The van der Waals surface area contributed by atoms with Gasteiger partial charge in [-0.3, -0.25) is 0 Å². The molecule has 0 saturated carbocycles. The van der Waals surface area contributed by atoms with Crippen LogP contribution in [-0.2, 0) is 20.4 Å². The van der Waals surface area contributed by atoms with Crippen LogP contribution in [0.4, 0.5) is 13.2 Å². The highest BCUT2D eigenvalue weighted by Crippen LogP contribution is 2.37. The summed E-state index contributed by atoms with van der Waals surface area (Å²) in [6.45, 7) is 9.75. The van der Waals surface area contributed by atoms with E-state index in [1.54, 1.807) is 0 Å². The molecule has 1 rings (SSSR count). The van der Waals surface area contributed by atoms with E-state index in [1.165, 1.54) is 0 Å². The summed E-state index contributed by atoms with van der Waals surface area (Å²) in [4.78, 5) is -0.167. The quantitative estimate of drug-likeness (QED) is 0.750. The summed E-state index contributed by atoms with van der Waals surface area (Å²) in [5.74, 6) is -0.519. The Bertz CT molecular complexity index is 614. The molecule has 0 spiro atoms. The maximum Gasteiger partial charge on any atom is 0.416 e. The summed E-state index contributed by atoms with van der Waals surface area (Å²) in [7, 11) is -6.02. The predicted molar refractivity (Wildman–Crippen MR) is 81.8 cm³/mol. The Kier molecular flexibility index (Phi) is 5.21. The Morgan fingerprint density at radius 1 is 1.05 bits per heavy atom. The Morgan fingerprint density at radius 3 is 1.86 bits per heavy atom. The molecule has 0 fully saturated rings. The zero-order valence-electron chi connectivity index (χ0n) is 13.3. The predicted octanol–water partition coefficient (Wildman–Crippen LogP) is 4.46. The van der Waals surface area contributed by atoms with Crippen LogP contribution in [0.15, 0.2) is 29.2 Å². The van der Waals surface area contributed by atoms with E-state index >= 15 is 0 Å². The van der Waals surface area contributed by atoms with E-state index in [0.29, 0.717) is 0 Å². The Hall–Kier alpha value is -0.863. The topological polar surface area (TPSA) is 43.4 Å². The molecule has 0 aromatic heterocycles. The van der Waals surface area contributed by atoms with Crippen LogP contribution < -0.4 is 0 Å². The van der Waals surface area contributed by atoms with Crippen molar-refractivity contribution in [2.45, 2.75) is 50.0 Å². The Labute approximate surface area is 130 Å². The molecule has 0 N–H and O–H groups in total. The van der Waals surface area contributed by atoms with Crippen molar-refractivity contribution < 1.29 is 26.0 Å². The lowest BCUT2D eigenvalue weighted by atomic mass is 10.2. The molecule has 0 bridgehead atoms. The third-order valence-electron chi connectivity index (χ3n) is 3.92. The number of hydrogen-bond acceptors (Lipinski definition) is 3. The average Bonchev–Trinajstić information content (AvgIpc) is 2.34. The third-order valence-corrected chi connectivity index (χ3v) is 10.0. The SMILES string of the molecule is CC(C)(C)[Si](C)(C)OCS(=O)(=O)c1ccc(C(F)(F)F)cc1. The van der Waals surface area contributed by atoms with Gasteiger partial charge in [-0.05, 0) is 42.4 Å². The van der Waals surface area contributed by atoms with Crippen LogP contribution in [0.2, 0.25) is 18.1 Å². The number of sulfone groups is 1. The fraction of sp³-hybridized carbons (Fsp3) is 0.571. The standard InChI is InChI=1S/C14H21F3O3SSi/c1-13(2,3)22(4,5)20-10-21(18,19)12-8-6-11(7-9-12)14(15,16)17/h6-9H,10H2,1-5H3. The van der Waals surface area contributed by atoms with E-state index in [4.69, 9.17) is 4.43 Å². The van der Waals surface area contributed by atoms with Crippen LogP contribution >= 0.6 is 0 Å². The molecule has 0 amide bonds. The molecule has 0 heterocycles. The molecule has 126 valence electrons. The minimum absolute atomic E-state index is 0.150. The molecule has 3 nitrogen and oxygen atoms in total. The first-order chi connectivity index (χ1) is 9.67. The fourth-order valence-electron chi connectivity index (χ4n) is 1.36. The molecule has 22 heavy (non-hydrogen) atoms. The first-order valence-electron chi connectivity index (χ1n) is 6.71. The molecule has 8 heteroatoms. The van der Waals surface area contributed by atoms with Crippen LogP contribution in [0.3, 0.4) is 0 Å². The Balaban J connectivity index is 2.92. The molecule has 0 atom stereocenters. The molecular formula is C14H21F3O3SSi. The molecule has 0 aliphatic carbocycles. The van der Waals surface area contributed by atoms with Gasteiger partial charge in [0.2, 0.25) is 9.84 Å². The fourth-order valence-corrected chi connectivity index (χ4v) is 4.28. The van der Waals surface area contributed by atoms with E-state index in [-0.39, 0.29) is 9.93 Å². The maximum atomic E-state index is 12.5. The van der Waals surface area contributed by atoms with Gasteiger partial charge in [-0.15, -0.1) is 0 Å². The average molecular weight is 354 g/mol. The molecule has 0 aliphatic heterocycles. The van der Waals surface area contributed by atoms with Crippen molar-refractivity contribution in [1.29, 1.82) is 0 Å². The zero-order valence-corrected chi connectivity index (χ0v) is 15.1. The monoisotopic (exact) mass is 354 g/mol. The lowest BCUT2D eigenvalue weighted by molar-refractivity contribution is -0.137. The van der Waals surface area contributed by atoms with E-state index in [9.17, 15) is 21.6 Å². The number of rotatable bonds is 4. The molecule has 1 aromatic rings. The smallest absolute Gasteiger partial charge is 0.403 e. The largest absolute Gasteiger partial charge is 0.416 e. The van der Waals surface area contributed by atoms with E-state index in [0.717, 1.165) is 24.3 Å². The third kappa shape index (κ3) is 4.56. The second kappa shape index (κ2) is 5.97. The van der Waals surface area contributed by atoms with Crippen molar-refractivity contribution in [3.05, 3.63) is 29.8 Å². The second-order valence-corrected chi connectivity index (χ2v) is 13.4. The van der Waals surface area contributed by atoms with Crippen molar-refractivity contribution >= 4 is 18.2 Å². The van der Waals surface area contributed by atoms with Gasteiger partial charge >= 0.3 is 6.18 Å². The van der Waals surface area contributed by atoms with Gasteiger partial charge in [0, 0.05) is 0 Å². The summed E-state index contributed by atoms with van der Waals surface area (Å²) in [6.07, 6.45) is -4.49. The normalized spacial score (nSPS) is 14.2. The van der Waals surface area contributed by atoms with Crippen LogP contribution in [0, 0.1) is 0 Å². The Morgan fingerprint density at radius 2 is 1.50 bits per heavy atom. The van der Waals surface area contributed by atoms with E-state index in [1.807, 2.05) is 33.9 Å². The summed E-state index contributed by atoms with van der Waals surface area (Å²) in [5.41, 5.74) is -0.878. The van der Waals surface area contributed by atoms with Crippen LogP contribution in [0.1, 0.15) is 26.3 Å². The lowest BCUT2D eigenvalue weighted by Gasteiger charge is -2.35. The molecule has 0 saturated heterocycles. The maximum absolute atomic E-state index is 12.5. The highest BCUT2D eigenvalue weighted by molar-refractivity contribution is 7.91. The van der Waals surface area contributed by atoms with Crippen LogP contribution in [-0.4, -0.2) is 22.7 Å². The second-order valence-electron chi connectivity index (χ2n) is 6.66. The van der Waals surface area contributed by atoms with E-state index < -0.39 is 35.8 Å². The summed E-state index contributed by atoms with van der Waals surface area (Å²) in [6, 6.07) is 3.46. The zero-order chi connectivity index (χ0) is 17.4. The van der Waals surface area contributed by atoms with Gasteiger partial charge in [0.05, 0.1) is 10.5 Å². The number of halogens is 3. The van der Waals surface area contributed by atoms with Crippen molar-refractivity contribution in [3.63, 3.8) is 0 Å². The van der Waals surface area contributed by atoms with Gasteiger partial charge < -0.3 is 4.43 Å². The first-order valence-corrected chi connectivity index (χ1v) is 11.3. The number of hydrogen-bond donors (Lipinski definition) is 0. The van der Waals surface area contributed by atoms with E-state index in [2.05, 4.69) is 0 Å².